The molecule has 160 valence electrons. The third kappa shape index (κ3) is 5.13. The van der Waals surface area contributed by atoms with E-state index in [0.717, 1.165) is 35.1 Å². The predicted octanol–water partition coefficient (Wildman–Crippen LogP) is 3.70. The number of benzene rings is 2. The first-order valence-electron chi connectivity index (χ1n) is 9.80. The van der Waals surface area contributed by atoms with E-state index in [2.05, 4.69) is 16.3 Å². The predicted molar refractivity (Wildman–Crippen MR) is 121 cm³/mol. The lowest BCUT2D eigenvalue weighted by molar-refractivity contribution is -0.139. The quantitative estimate of drug-likeness (QED) is 0.233. The van der Waals surface area contributed by atoms with Gasteiger partial charge in [0.05, 0.1) is 35.3 Å². The number of aromatic nitrogens is 2. The second-order valence-electron chi connectivity index (χ2n) is 6.98. The van der Waals surface area contributed by atoms with E-state index in [1.165, 1.54) is 7.11 Å². The van der Waals surface area contributed by atoms with E-state index < -0.39 is 0 Å². The molecule has 0 fully saturated rings. The highest BCUT2D eigenvalue weighted by atomic mass is 35.5. The Labute approximate surface area is 182 Å². The van der Waals surface area contributed by atoms with Crippen LogP contribution in [0.2, 0.25) is 17.6 Å². The highest BCUT2D eigenvalue weighted by molar-refractivity contribution is 6.33. The number of hydrogen-bond acceptors (Lipinski definition) is 6. The van der Waals surface area contributed by atoms with Gasteiger partial charge in [0, 0.05) is 22.2 Å². The summed E-state index contributed by atoms with van der Waals surface area (Å²) in [6.07, 6.45) is 0.142. The van der Waals surface area contributed by atoms with Crippen LogP contribution in [0.4, 0.5) is 5.69 Å². The SMILES string of the molecule is COC(=O)Cc1ccc(Oc2cc3c(cc2N)nc(C)n3COCC[SiH2]C)c(Cl)c1. The summed E-state index contributed by atoms with van der Waals surface area (Å²) in [4.78, 5) is 16.0. The first kappa shape index (κ1) is 22.1. The molecule has 0 saturated heterocycles. The van der Waals surface area contributed by atoms with Crippen LogP contribution in [-0.4, -0.2) is 38.8 Å². The Bertz CT molecular complexity index is 1050. The number of imidazole rings is 1. The van der Waals surface area contributed by atoms with Crippen LogP contribution >= 0.6 is 11.6 Å². The highest BCUT2D eigenvalue weighted by Gasteiger charge is 2.14. The Morgan fingerprint density at radius 1 is 1.27 bits per heavy atom. The maximum Gasteiger partial charge on any atom is 0.309 e. The molecule has 0 amide bonds. The molecule has 0 bridgehead atoms. The van der Waals surface area contributed by atoms with Crippen LogP contribution in [-0.2, 0) is 27.4 Å². The second kappa shape index (κ2) is 9.97. The fourth-order valence-corrected chi connectivity index (χ4v) is 3.77. The minimum Gasteiger partial charge on any atom is -0.469 e. The molecule has 0 radical (unpaired) electrons. The number of nitrogens with zero attached hydrogens (tertiary/aromatic N) is 2. The summed E-state index contributed by atoms with van der Waals surface area (Å²) >= 11 is 6.36. The summed E-state index contributed by atoms with van der Waals surface area (Å²) in [6, 6.07) is 9.95. The van der Waals surface area contributed by atoms with Gasteiger partial charge in [0.15, 0.2) is 5.75 Å². The Morgan fingerprint density at radius 2 is 2.07 bits per heavy atom. The van der Waals surface area contributed by atoms with Gasteiger partial charge in [-0.05, 0) is 36.7 Å². The number of nitrogens with two attached hydrogens (primary N) is 1. The number of methoxy groups -OCH3 is 1. The molecule has 2 N–H and O–H groups in total. The van der Waals surface area contributed by atoms with Crippen LogP contribution in [0.1, 0.15) is 11.4 Å². The van der Waals surface area contributed by atoms with E-state index in [0.29, 0.717) is 28.9 Å². The lowest BCUT2D eigenvalue weighted by atomic mass is 10.1. The average molecular weight is 448 g/mol. The number of anilines is 1. The molecule has 0 aliphatic heterocycles. The van der Waals surface area contributed by atoms with Crippen molar-refractivity contribution in [1.82, 2.24) is 9.55 Å². The van der Waals surface area contributed by atoms with Gasteiger partial charge in [-0.15, -0.1) is 0 Å². The van der Waals surface area contributed by atoms with Crippen molar-refractivity contribution in [3.05, 3.63) is 46.7 Å². The maximum atomic E-state index is 11.5. The van der Waals surface area contributed by atoms with E-state index >= 15 is 0 Å². The van der Waals surface area contributed by atoms with Crippen molar-refractivity contribution < 1.29 is 19.0 Å². The molecule has 0 atom stereocenters. The number of rotatable bonds is 9. The van der Waals surface area contributed by atoms with Crippen LogP contribution in [0.5, 0.6) is 11.5 Å². The number of carbonyl (C=O) groups excluding carboxylic acids is 1. The van der Waals surface area contributed by atoms with Gasteiger partial charge in [0.1, 0.15) is 18.3 Å². The monoisotopic (exact) mass is 447 g/mol. The third-order valence-electron chi connectivity index (χ3n) is 4.73. The molecule has 3 rings (SSSR count). The first-order chi connectivity index (χ1) is 14.4. The van der Waals surface area contributed by atoms with E-state index in [1.807, 2.05) is 17.6 Å². The van der Waals surface area contributed by atoms with Gasteiger partial charge < -0.3 is 24.5 Å². The Kier molecular flexibility index (Phi) is 7.36. The lowest BCUT2D eigenvalue weighted by Crippen LogP contribution is -2.06. The molecular weight excluding hydrogens is 422 g/mol. The van der Waals surface area contributed by atoms with Crippen molar-refractivity contribution >= 4 is 43.8 Å². The molecule has 3 aromatic rings. The highest BCUT2D eigenvalue weighted by Crippen LogP contribution is 2.35. The van der Waals surface area contributed by atoms with Crippen molar-refractivity contribution in [3.8, 4) is 11.5 Å². The fourth-order valence-electron chi connectivity index (χ4n) is 3.04. The maximum absolute atomic E-state index is 11.5. The van der Waals surface area contributed by atoms with Crippen LogP contribution in [0.25, 0.3) is 11.0 Å². The molecule has 0 unspecified atom stereocenters. The number of nitrogen functional groups attached to an aromatic ring is 1. The Balaban J connectivity index is 1.85. The average Bonchev–Trinajstić information content (AvgIpc) is 3.01. The Morgan fingerprint density at radius 3 is 2.77 bits per heavy atom. The number of carbonyl (C=O) groups is 1. The largest absolute Gasteiger partial charge is 0.469 e. The van der Waals surface area contributed by atoms with E-state index in [4.69, 9.17) is 26.8 Å². The fraction of sp³-hybridized carbons (Fsp3) is 0.333. The standard InChI is InChI=1S/C21H26ClN3O4Si/c1-13-24-17-10-16(23)20(11-18(17)25(13)12-28-6-7-30-3)29-19-5-4-14(8-15(19)22)9-21(26)27-2/h4-5,8,10-11H,6-7,9,12,23,30H2,1-3H3. The lowest BCUT2D eigenvalue weighted by Gasteiger charge is -2.12. The van der Waals surface area contributed by atoms with Crippen LogP contribution in [0.3, 0.4) is 0 Å². The topological polar surface area (TPSA) is 88.6 Å². The molecule has 0 aliphatic rings. The molecular formula is C21H26ClN3O4Si. The number of halogens is 1. The molecule has 2 aromatic carbocycles. The summed E-state index contributed by atoms with van der Waals surface area (Å²) < 4.78 is 18.5. The van der Waals surface area contributed by atoms with Crippen molar-refractivity contribution in [1.29, 1.82) is 0 Å². The minimum atomic E-state index is -0.332. The van der Waals surface area contributed by atoms with Crippen LogP contribution < -0.4 is 10.5 Å². The van der Waals surface area contributed by atoms with Gasteiger partial charge >= 0.3 is 5.97 Å². The normalized spacial score (nSPS) is 11.5. The zero-order chi connectivity index (χ0) is 21.7. The van der Waals surface area contributed by atoms with Crippen molar-refractivity contribution in [2.75, 3.05) is 19.5 Å². The number of esters is 1. The molecule has 7 nitrogen and oxygen atoms in total. The molecule has 0 aliphatic carbocycles. The van der Waals surface area contributed by atoms with Gasteiger partial charge in [-0.1, -0.05) is 24.2 Å². The van der Waals surface area contributed by atoms with Gasteiger partial charge in [-0.25, -0.2) is 4.98 Å². The van der Waals surface area contributed by atoms with E-state index in [-0.39, 0.29) is 21.9 Å². The summed E-state index contributed by atoms with van der Waals surface area (Å²) in [5.74, 6) is 1.44. The molecule has 0 saturated carbocycles. The molecule has 1 aromatic heterocycles. The van der Waals surface area contributed by atoms with Gasteiger partial charge in [-0.2, -0.15) is 0 Å². The van der Waals surface area contributed by atoms with E-state index in [1.54, 1.807) is 24.3 Å². The van der Waals surface area contributed by atoms with Crippen LogP contribution in [0.15, 0.2) is 30.3 Å². The first-order valence-corrected chi connectivity index (χ1v) is 12.6. The third-order valence-corrected chi connectivity index (χ3v) is 6.02. The zero-order valence-corrected chi connectivity index (χ0v) is 19.6. The smallest absolute Gasteiger partial charge is 0.309 e. The van der Waals surface area contributed by atoms with Crippen molar-refractivity contribution in [2.45, 2.75) is 32.7 Å². The van der Waals surface area contributed by atoms with Crippen molar-refractivity contribution in [3.63, 3.8) is 0 Å². The number of ether oxygens (including phenoxy) is 3. The second-order valence-corrected chi connectivity index (χ2v) is 9.09. The Hall–Kier alpha value is -2.55. The zero-order valence-electron chi connectivity index (χ0n) is 17.4. The van der Waals surface area contributed by atoms with Gasteiger partial charge in [0.2, 0.25) is 0 Å². The molecule has 9 heteroatoms. The molecule has 30 heavy (non-hydrogen) atoms. The number of fused-ring (bicyclic) bond motifs is 1. The number of aryl methyl sites for hydroxylation is 1. The summed E-state index contributed by atoms with van der Waals surface area (Å²) in [7, 11) is 1.34. The van der Waals surface area contributed by atoms with Gasteiger partial charge in [-0.3, -0.25) is 4.79 Å². The summed E-state index contributed by atoms with van der Waals surface area (Å²) in [5.41, 5.74) is 9.05. The van der Waals surface area contributed by atoms with E-state index in [9.17, 15) is 4.79 Å². The molecule has 0 spiro atoms. The number of hydrogen-bond donors (Lipinski definition) is 1. The van der Waals surface area contributed by atoms with Crippen LogP contribution in [0, 0.1) is 6.92 Å². The summed E-state index contributed by atoms with van der Waals surface area (Å²) in [6.45, 7) is 5.39. The van der Waals surface area contributed by atoms with Gasteiger partial charge in [0.25, 0.3) is 0 Å². The molecule has 1 heterocycles. The summed E-state index contributed by atoms with van der Waals surface area (Å²) in [5, 5.41) is 0.382. The minimum absolute atomic E-state index is 0.00875. The van der Waals surface area contributed by atoms with Crippen molar-refractivity contribution in [2.24, 2.45) is 0 Å².